The van der Waals surface area contributed by atoms with E-state index >= 15 is 0 Å². The van der Waals surface area contributed by atoms with E-state index in [-0.39, 0.29) is 5.43 Å². The number of aryl methyl sites for hydroxylation is 1. The Kier molecular flexibility index (Phi) is 1.85. The van der Waals surface area contributed by atoms with Gasteiger partial charge in [0, 0.05) is 30.1 Å². The van der Waals surface area contributed by atoms with Crippen LogP contribution in [0.1, 0.15) is 17.0 Å². The van der Waals surface area contributed by atoms with Crippen LogP contribution in [0.3, 0.4) is 0 Å². The number of hydrogen-bond donors (Lipinski definition) is 0. The van der Waals surface area contributed by atoms with E-state index in [2.05, 4.69) is 0 Å². The molecule has 0 atom stereocenters. The van der Waals surface area contributed by atoms with Crippen molar-refractivity contribution in [3.05, 3.63) is 33.2 Å². The molecule has 11 heavy (non-hydrogen) atoms. The first kappa shape index (κ1) is 8.05. The maximum absolute atomic E-state index is 11.2. The van der Waals surface area contributed by atoms with Crippen molar-refractivity contribution < 1.29 is 0 Å². The lowest BCUT2D eigenvalue weighted by Crippen LogP contribution is -2.14. The van der Waals surface area contributed by atoms with Gasteiger partial charge in [-0.05, 0) is 20.8 Å². The summed E-state index contributed by atoms with van der Waals surface area (Å²) >= 11 is 0. The molecule has 0 aromatic carbocycles. The standard InChI is InChI=1S/C9H13NO/c1-6-5-9(11)7(2)8(3)10(6)4/h5H,1-4H3. The molecule has 1 aromatic rings. The molecule has 0 fully saturated rings. The van der Waals surface area contributed by atoms with Gasteiger partial charge in [0.15, 0.2) is 5.43 Å². The van der Waals surface area contributed by atoms with Gasteiger partial charge in [-0.1, -0.05) is 0 Å². The second-order valence-corrected chi connectivity index (χ2v) is 2.92. The first-order chi connectivity index (χ1) is 5.04. The fourth-order valence-electron chi connectivity index (χ4n) is 1.09. The van der Waals surface area contributed by atoms with Crippen LogP contribution in [0.2, 0.25) is 0 Å². The van der Waals surface area contributed by atoms with Crippen LogP contribution in [0, 0.1) is 20.8 Å². The van der Waals surface area contributed by atoms with Crippen molar-refractivity contribution >= 4 is 0 Å². The first-order valence-electron chi connectivity index (χ1n) is 3.68. The number of nitrogens with zero attached hydrogens (tertiary/aromatic N) is 1. The highest BCUT2D eigenvalue weighted by molar-refractivity contribution is 5.21. The van der Waals surface area contributed by atoms with Gasteiger partial charge < -0.3 is 4.57 Å². The highest BCUT2D eigenvalue weighted by Gasteiger charge is 2.01. The summed E-state index contributed by atoms with van der Waals surface area (Å²) in [5, 5.41) is 0. The lowest BCUT2D eigenvalue weighted by Gasteiger charge is -2.09. The van der Waals surface area contributed by atoms with Crippen LogP contribution in [0.4, 0.5) is 0 Å². The number of pyridine rings is 1. The molecule has 0 aliphatic rings. The molecule has 2 nitrogen and oxygen atoms in total. The summed E-state index contributed by atoms with van der Waals surface area (Å²) in [6.07, 6.45) is 0. The topological polar surface area (TPSA) is 22.0 Å². The van der Waals surface area contributed by atoms with Crippen LogP contribution < -0.4 is 5.43 Å². The summed E-state index contributed by atoms with van der Waals surface area (Å²) in [5.74, 6) is 0. The zero-order valence-electron chi connectivity index (χ0n) is 7.43. The van der Waals surface area contributed by atoms with E-state index in [1.807, 2.05) is 32.4 Å². The largest absolute Gasteiger partial charge is 0.352 e. The zero-order chi connectivity index (χ0) is 8.59. The maximum atomic E-state index is 11.2. The molecule has 0 aliphatic heterocycles. The quantitative estimate of drug-likeness (QED) is 0.548. The van der Waals surface area contributed by atoms with E-state index in [0.29, 0.717) is 0 Å². The summed E-state index contributed by atoms with van der Waals surface area (Å²) in [6, 6.07) is 1.67. The van der Waals surface area contributed by atoms with Crippen LogP contribution in [0.5, 0.6) is 0 Å². The summed E-state index contributed by atoms with van der Waals surface area (Å²) in [6.45, 7) is 5.76. The fraction of sp³-hybridized carbons (Fsp3) is 0.444. The minimum absolute atomic E-state index is 0.137. The van der Waals surface area contributed by atoms with Crippen LogP contribution >= 0.6 is 0 Å². The molecule has 0 bridgehead atoms. The molecule has 1 aromatic heterocycles. The molecule has 0 amide bonds. The van der Waals surface area contributed by atoms with Gasteiger partial charge in [-0.15, -0.1) is 0 Å². The normalized spacial score (nSPS) is 10.2. The van der Waals surface area contributed by atoms with Crippen molar-refractivity contribution in [2.45, 2.75) is 20.8 Å². The van der Waals surface area contributed by atoms with Gasteiger partial charge >= 0.3 is 0 Å². The molecule has 0 saturated heterocycles. The van der Waals surface area contributed by atoms with Gasteiger partial charge in [-0.25, -0.2) is 0 Å². The first-order valence-corrected chi connectivity index (χ1v) is 3.68. The predicted octanol–water partition coefficient (Wildman–Crippen LogP) is 1.31. The second-order valence-electron chi connectivity index (χ2n) is 2.92. The minimum atomic E-state index is 0.137. The molecule has 0 saturated carbocycles. The molecule has 1 heterocycles. The smallest absolute Gasteiger partial charge is 0.184 e. The summed E-state index contributed by atoms with van der Waals surface area (Å²) in [5.41, 5.74) is 3.05. The second kappa shape index (κ2) is 2.53. The maximum Gasteiger partial charge on any atom is 0.184 e. The average molecular weight is 151 g/mol. The van der Waals surface area contributed by atoms with E-state index in [9.17, 15) is 4.79 Å². The molecule has 0 aliphatic carbocycles. The van der Waals surface area contributed by atoms with Crippen LogP contribution in [0.15, 0.2) is 10.9 Å². The highest BCUT2D eigenvalue weighted by Crippen LogP contribution is 2.02. The molecule has 1 rings (SSSR count). The lowest BCUT2D eigenvalue weighted by atomic mass is 10.2. The van der Waals surface area contributed by atoms with Crippen molar-refractivity contribution in [3.8, 4) is 0 Å². The summed E-state index contributed by atoms with van der Waals surface area (Å²) in [4.78, 5) is 11.2. The third-order valence-corrected chi connectivity index (χ3v) is 2.28. The molecule has 0 radical (unpaired) electrons. The van der Waals surface area contributed by atoms with Crippen LogP contribution in [-0.4, -0.2) is 4.57 Å². The van der Waals surface area contributed by atoms with Gasteiger partial charge in [-0.3, -0.25) is 4.79 Å². The third-order valence-electron chi connectivity index (χ3n) is 2.28. The van der Waals surface area contributed by atoms with Crippen molar-refractivity contribution in [1.82, 2.24) is 4.57 Å². The number of aromatic nitrogens is 1. The Morgan fingerprint density at radius 3 is 2.36 bits per heavy atom. The molecular weight excluding hydrogens is 138 g/mol. The molecular formula is C9H13NO. The summed E-state index contributed by atoms with van der Waals surface area (Å²) in [7, 11) is 1.97. The molecule has 2 heteroatoms. The lowest BCUT2D eigenvalue weighted by molar-refractivity contribution is 0.802. The van der Waals surface area contributed by atoms with Crippen molar-refractivity contribution in [2.24, 2.45) is 7.05 Å². The number of hydrogen-bond acceptors (Lipinski definition) is 1. The van der Waals surface area contributed by atoms with E-state index < -0.39 is 0 Å². The molecule has 0 unspecified atom stereocenters. The Balaban J connectivity index is 3.59. The van der Waals surface area contributed by atoms with Gasteiger partial charge in [0.2, 0.25) is 0 Å². The SMILES string of the molecule is Cc1c(C)n(C)c(C)cc1=O. The molecule has 60 valence electrons. The Morgan fingerprint density at radius 2 is 1.82 bits per heavy atom. The van der Waals surface area contributed by atoms with E-state index in [4.69, 9.17) is 0 Å². The van der Waals surface area contributed by atoms with Crippen LogP contribution in [-0.2, 0) is 7.05 Å². The van der Waals surface area contributed by atoms with Crippen molar-refractivity contribution in [1.29, 1.82) is 0 Å². The van der Waals surface area contributed by atoms with E-state index in [1.54, 1.807) is 6.07 Å². The Bertz CT molecular complexity index is 336. The third kappa shape index (κ3) is 1.20. The zero-order valence-corrected chi connectivity index (χ0v) is 7.43. The summed E-state index contributed by atoms with van der Waals surface area (Å²) < 4.78 is 2.02. The van der Waals surface area contributed by atoms with Gasteiger partial charge in [-0.2, -0.15) is 0 Å². The Labute approximate surface area is 66.5 Å². The fourth-order valence-corrected chi connectivity index (χ4v) is 1.09. The van der Waals surface area contributed by atoms with Gasteiger partial charge in [0.25, 0.3) is 0 Å². The van der Waals surface area contributed by atoms with E-state index in [1.165, 1.54) is 0 Å². The van der Waals surface area contributed by atoms with Gasteiger partial charge in [0.05, 0.1) is 0 Å². The Hall–Kier alpha value is -1.05. The average Bonchev–Trinajstić information content (AvgIpc) is 1.97. The Morgan fingerprint density at radius 1 is 1.27 bits per heavy atom. The minimum Gasteiger partial charge on any atom is -0.352 e. The monoisotopic (exact) mass is 151 g/mol. The van der Waals surface area contributed by atoms with Crippen molar-refractivity contribution in [2.75, 3.05) is 0 Å². The van der Waals surface area contributed by atoms with Crippen molar-refractivity contribution in [3.63, 3.8) is 0 Å². The number of rotatable bonds is 0. The molecule has 0 N–H and O–H groups in total. The predicted molar refractivity (Wildman–Crippen MR) is 45.9 cm³/mol. The molecule has 0 spiro atoms. The van der Waals surface area contributed by atoms with E-state index in [0.717, 1.165) is 17.0 Å². The van der Waals surface area contributed by atoms with Crippen LogP contribution in [0.25, 0.3) is 0 Å². The van der Waals surface area contributed by atoms with Gasteiger partial charge in [0.1, 0.15) is 0 Å². The highest BCUT2D eigenvalue weighted by atomic mass is 16.1.